The van der Waals surface area contributed by atoms with Crippen molar-refractivity contribution in [2.24, 2.45) is 0 Å². The highest BCUT2D eigenvalue weighted by Gasteiger charge is 2.11. The van der Waals surface area contributed by atoms with Gasteiger partial charge in [-0.2, -0.15) is 0 Å². The van der Waals surface area contributed by atoms with E-state index < -0.39 is 17.5 Å². The highest BCUT2D eigenvalue weighted by atomic mass is 16.5. The first-order valence-electron chi connectivity index (χ1n) is 8.56. The number of hydrogen-bond acceptors (Lipinski definition) is 7. The van der Waals surface area contributed by atoms with Crippen molar-refractivity contribution in [3.8, 4) is 5.75 Å². The number of carbonyl (C=O) groups excluding carboxylic acids is 2. The number of nitrogens with one attached hydrogen (secondary N) is 1. The Balaban J connectivity index is 1.64. The minimum Gasteiger partial charge on any atom is -0.484 e. The second kappa shape index (κ2) is 8.34. The number of nitrogens with zero attached hydrogens (tertiary/aromatic N) is 1. The smallest absolute Gasteiger partial charge is 0.338 e. The lowest BCUT2D eigenvalue weighted by molar-refractivity contribution is -0.118. The number of aromatic nitrogens is 1. The number of ether oxygens (including phenoxy) is 2. The number of anilines is 1. The Hall–Kier alpha value is -3.68. The van der Waals surface area contributed by atoms with Crippen molar-refractivity contribution in [2.45, 2.75) is 13.8 Å². The molecule has 0 unspecified atom stereocenters. The Morgan fingerprint density at radius 2 is 2.00 bits per heavy atom. The van der Waals surface area contributed by atoms with Gasteiger partial charge in [0.2, 0.25) is 0 Å². The van der Waals surface area contributed by atoms with Crippen molar-refractivity contribution in [3.63, 3.8) is 0 Å². The molecule has 1 aromatic carbocycles. The summed E-state index contributed by atoms with van der Waals surface area (Å²) in [7, 11) is 0. The normalized spacial score (nSPS) is 10.5. The fourth-order valence-electron chi connectivity index (χ4n) is 2.56. The van der Waals surface area contributed by atoms with Crippen molar-refractivity contribution in [1.82, 2.24) is 4.98 Å². The summed E-state index contributed by atoms with van der Waals surface area (Å²) in [6.07, 6.45) is 1.40. The van der Waals surface area contributed by atoms with E-state index in [1.165, 1.54) is 24.4 Å². The molecule has 3 aromatic rings. The van der Waals surface area contributed by atoms with Gasteiger partial charge in [0.1, 0.15) is 17.2 Å². The second-order valence-corrected chi connectivity index (χ2v) is 5.89. The van der Waals surface area contributed by atoms with E-state index in [0.717, 1.165) is 10.9 Å². The predicted molar refractivity (Wildman–Crippen MR) is 102 cm³/mol. The van der Waals surface area contributed by atoms with E-state index in [9.17, 15) is 14.4 Å². The molecule has 1 N–H and O–H groups in total. The monoisotopic (exact) mass is 382 g/mol. The Labute approximate surface area is 160 Å². The van der Waals surface area contributed by atoms with E-state index in [0.29, 0.717) is 11.3 Å². The third kappa shape index (κ3) is 4.53. The fourth-order valence-corrected chi connectivity index (χ4v) is 2.56. The zero-order valence-corrected chi connectivity index (χ0v) is 15.4. The van der Waals surface area contributed by atoms with Crippen molar-refractivity contribution in [1.29, 1.82) is 0 Å². The number of hydrogen-bond donors (Lipinski definition) is 1. The van der Waals surface area contributed by atoms with Gasteiger partial charge >= 0.3 is 11.6 Å². The van der Waals surface area contributed by atoms with Crippen molar-refractivity contribution in [3.05, 3.63) is 64.1 Å². The third-order valence-corrected chi connectivity index (χ3v) is 3.83. The Bertz CT molecular complexity index is 1090. The predicted octanol–water partition coefficient (Wildman–Crippen LogP) is 2.69. The van der Waals surface area contributed by atoms with Gasteiger partial charge < -0.3 is 19.2 Å². The average molecular weight is 382 g/mol. The van der Waals surface area contributed by atoms with Crippen LogP contribution in [0.2, 0.25) is 0 Å². The quantitative estimate of drug-likeness (QED) is 0.516. The summed E-state index contributed by atoms with van der Waals surface area (Å²) in [5.74, 6) is -0.368. The number of esters is 1. The number of pyridine rings is 1. The van der Waals surface area contributed by atoms with Crippen LogP contribution in [0.5, 0.6) is 5.75 Å². The summed E-state index contributed by atoms with van der Waals surface area (Å²) in [5, 5.41) is 3.34. The van der Waals surface area contributed by atoms with E-state index in [-0.39, 0.29) is 24.6 Å². The number of rotatable bonds is 6. The van der Waals surface area contributed by atoms with Gasteiger partial charge in [-0.25, -0.2) is 14.6 Å². The Morgan fingerprint density at radius 1 is 1.18 bits per heavy atom. The topological polar surface area (TPSA) is 108 Å². The van der Waals surface area contributed by atoms with Gasteiger partial charge in [-0.05, 0) is 43.7 Å². The number of benzene rings is 1. The van der Waals surface area contributed by atoms with Gasteiger partial charge in [-0.1, -0.05) is 0 Å². The second-order valence-electron chi connectivity index (χ2n) is 5.89. The van der Waals surface area contributed by atoms with Crippen molar-refractivity contribution in [2.75, 3.05) is 18.5 Å². The zero-order chi connectivity index (χ0) is 20.1. The van der Waals surface area contributed by atoms with Gasteiger partial charge in [-0.3, -0.25) is 4.79 Å². The van der Waals surface area contributed by atoms with Crippen LogP contribution in [0, 0.1) is 6.92 Å². The molecular weight excluding hydrogens is 364 g/mol. The van der Waals surface area contributed by atoms with Crippen molar-refractivity contribution < 1.29 is 23.5 Å². The molecule has 8 heteroatoms. The molecule has 8 nitrogen and oxygen atoms in total. The maximum atomic E-state index is 12.1. The van der Waals surface area contributed by atoms with E-state index in [4.69, 9.17) is 13.9 Å². The zero-order valence-electron chi connectivity index (χ0n) is 15.4. The largest absolute Gasteiger partial charge is 0.484 e. The highest BCUT2D eigenvalue weighted by molar-refractivity contribution is 5.94. The molecule has 3 rings (SSSR count). The van der Waals surface area contributed by atoms with Crippen LogP contribution in [0.3, 0.4) is 0 Å². The summed E-state index contributed by atoms with van der Waals surface area (Å²) >= 11 is 0. The minimum atomic E-state index is -0.496. The number of aryl methyl sites for hydroxylation is 1. The molecule has 0 fully saturated rings. The minimum absolute atomic E-state index is 0.208. The van der Waals surface area contributed by atoms with Crippen LogP contribution >= 0.6 is 0 Å². The summed E-state index contributed by atoms with van der Waals surface area (Å²) in [4.78, 5) is 39.3. The van der Waals surface area contributed by atoms with E-state index in [2.05, 4.69) is 10.3 Å². The molecule has 0 saturated heterocycles. The standard InChI is InChI=1S/C20H18N2O6/c1-3-26-20(25)13-6-7-21-17(9-13)22-18(23)11-27-14-4-5-15-12(2)8-19(24)28-16(15)10-14/h4-10H,3,11H2,1-2H3,(H,21,22,23). The molecule has 0 spiro atoms. The van der Waals surface area contributed by atoms with Crippen LogP contribution in [-0.2, 0) is 9.53 Å². The first kappa shape index (κ1) is 19.1. The summed E-state index contributed by atoms with van der Waals surface area (Å²) in [5.41, 5.74) is 1.01. The third-order valence-electron chi connectivity index (χ3n) is 3.83. The maximum absolute atomic E-state index is 12.1. The molecule has 2 aromatic heterocycles. The van der Waals surface area contributed by atoms with Gasteiger partial charge in [-0.15, -0.1) is 0 Å². The lowest BCUT2D eigenvalue weighted by Gasteiger charge is -2.09. The SMILES string of the molecule is CCOC(=O)c1ccnc(NC(=O)COc2ccc3c(C)cc(=O)oc3c2)c1. The van der Waals surface area contributed by atoms with E-state index in [1.807, 2.05) is 6.92 Å². The molecule has 0 bridgehead atoms. The van der Waals surface area contributed by atoms with Gasteiger partial charge in [0.05, 0.1) is 12.2 Å². The summed E-state index contributed by atoms with van der Waals surface area (Å²) < 4.78 is 15.5. The van der Waals surface area contributed by atoms with Crippen LogP contribution in [0.25, 0.3) is 11.0 Å². The van der Waals surface area contributed by atoms with Crippen molar-refractivity contribution >= 4 is 28.7 Å². The van der Waals surface area contributed by atoms with Gasteiger partial charge in [0.25, 0.3) is 5.91 Å². The van der Waals surface area contributed by atoms with Crippen LogP contribution in [0.4, 0.5) is 5.82 Å². The number of fused-ring (bicyclic) bond motifs is 1. The molecule has 0 atom stereocenters. The summed E-state index contributed by atoms with van der Waals surface area (Å²) in [6, 6.07) is 9.32. The van der Waals surface area contributed by atoms with Crippen LogP contribution in [0.15, 0.2) is 51.8 Å². The average Bonchev–Trinajstić information content (AvgIpc) is 2.66. The van der Waals surface area contributed by atoms with Gasteiger partial charge in [0, 0.05) is 23.7 Å². The van der Waals surface area contributed by atoms with E-state index >= 15 is 0 Å². The summed E-state index contributed by atoms with van der Waals surface area (Å²) in [6.45, 7) is 3.48. The molecular formula is C20H18N2O6. The first-order chi connectivity index (χ1) is 13.5. The Kier molecular flexibility index (Phi) is 5.69. The molecule has 0 saturated carbocycles. The van der Waals surface area contributed by atoms with Gasteiger partial charge in [0.15, 0.2) is 6.61 Å². The maximum Gasteiger partial charge on any atom is 0.338 e. The van der Waals surface area contributed by atoms with Crippen LogP contribution < -0.4 is 15.7 Å². The number of carbonyl (C=O) groups is 2. The highest BCUT2D eigenvalue weighted by Crippen LogP contribution is 2.22. The lowest BCUT2D eigenvalue weighted by Crippen LogP contribution is -2.21. The molecule has 1 amide bonds. The molecule has 2 heterocycles. The van der Waals surface area contributed by atoms with E-state index in [1.54, 1.807) is 25.1 Å². The molecule has 0 aliphatic heterocycles. The Morgan fingerprint density at radius 3 is 2.79 bits per heavy atom. The number of amides is 1. The molecule has 144 valence electrons. The molecule has 0 aliphatic carbocycles. The molecule has 28 heavy (non-hydrogen) atoms. The molecule has 0 radical (unpaired) electrons. The van der Waals surface area contributed by atoms with Crippen LogP contribution in [0.1, 0.15) is 22.8 Å². The lowest BCUT2D eigenvalue weighted by atomic mass is 10.1. The first-order valence-corrected chi connectivity index (χ1v) is 8.56. The molecule has 0 aliphatic rings. The fraction of sp³-hybridized carbons (Fsp3) is 0.200. The van der Waals surface area contributed by atoms with Crippen LogP contribution in [-0.4, -0.2) is 30.1 Å².